The maximum atomic E-state index is 3.93. The molecule has 1 rings (SSSR count). The van der Waals surface area contributed by atoms with E-state index in [0.29, 0.717) is 0 Å². The lowest BCUT2D eigenvalue weighted by molar-refractivity contribution is 0.319. The minimum atomic E-state index is 0.729. The number of nitrogens with zero attached hydrogens (tertiary/aromatic N) is 1. The molecule has 0 aliphatic carbocycles. The van der Waals surface area contributed by atoms with Crippen LogP contribution in [0.1, 0.15) is 58.8 Å². The van der Waals surface area contributed by atoms with E-state index in [4.69, 9.17) is 0 Å². The van der Waals surface area contributed by atoms with Crippen LogP contribution in [0.2, 0.25) is 0 Å². The SMILES string of the molecule is C=C/C=C1\C(=C/C)CCCN(C)CCCCC1CCC. The van der Waals surface area contributed by atoms with Gasteiger partial charge in [0.15, 0.2) is 0 Å². The fraction of sp³-hybridized carbons (Fsp3) is 0.684. The van der Waals surface area contributed by atoms with Gasteiger partial charge in [0, 0.05) is 0 Å². The molecule has 1 nitrogen and oxygen atoms in total. The average molecular weight is 275 g/mol. The highest BCUT2D eigenvalue weighted by molar-refractivity contribution is 5.35. The lowest BCUT2D eigenvalue weighted by Crippen LogP contribution is -2.20. The molecule has 1 atom stereocenters. The number of hydrogen-bond donors (Lipinski definition) is 0. The van der Waals surface area contributed by atoms with Crippen LogP contribution in [0.25, 0.3) is 0 Å². The Hall–Kier alpha value is -0.820. The van der Waals surface area contributed by atoms with Crippen molar-refractivity contribution in [2.75, 3.05) is 20.1 Å². The van der Waals surface area contributed by atoms with Crippen LogP contribution in [0.3, 0.4) is 0 Å². The monoisotopic (exact) mass is 275 g/mol. The summed E-state index contributed by atoms with van der Waals surface area (Å²) in [6.07, 6.45) is 15.7. The van der Waals surface area contributed by atoms with Gasteiger partial charge in [0.25, 0.3) is 0 Å². The molecule has 0 spiro atoms. The van der Waals surface area contributed by atoms with Crippen molar-refractivity contribution >= 4 is 0 Å². The summed E-state index contributed by atoms with van der Waals surface area (Å²) in [6, 6.07) is 0. The Bertz CT molecular complexity index is 338. The third-order valence-electron chi connectivity index (χ3n) is 4.42. The van der Waals surface area contributed by atoms with Crippen molar-refractivity contribution < 1.29 is 0 Å². The molecule has 1 aliphatic heterocycles. The van der Waals surface area contributed by atoms with Crippen LogP contribution in [0.15, 0.2) is 36.0 Å². The Labute approximate surface area is 126 Å². The summed E-state index contributed by atoms with van der Waals surface area (Å²) in [7, 11) is 2.26. The van der Waals surface area contributed by atoms with Crippen LogP contribution in [-0.4, -0.2) is 25.0 Å². The first-order valence-electron chi connectivity index (χ1n) is 8.39. The van der Waals surface area contributed by atoms with Crippen LogP contribution in [-0.2, 0) is 0 Å². The minimum absolute atomic E-state index is 0.729. The van der Waals surface area contributed by atoms with Gasteiger partial charge in [-0.1, -0.05) is 44.6 Å². The zero-order chi connectivity index (χ0) is 14.8. The topological polar surface area (TPSA) is 3.24 Å². The third-order valence-corrected chi connectivity index (χ3v) is 4.42. The van der Waals surface area contributed by atoms with Crippen LogP contribution >= 0.6 is 0 Å². The smallest absolute Gasteiger partial charge is 0.00186 e. The van der Waals surface area contributed by atoms with Crippen molar-refractivity contribution in [1.82, 2.24) is 4.90 Å². The lowest BCUT2D eigenvalue weighted by atomic mass is 9.83. The van der Waals surface area contributed by atoms with Crippen LogP contribution in [0.4, 0.5) is 0 Å². The van der Waals surface area contributed by atoms with Gasteiger partial charge in [0.2, 0.25) is 0 Å². The molecule has 0 bridgehead atoms. The maximum Gasteiger partial charge on any atom is -0.00186 e. The Balaban J connectivity index is 2.93. The first-order chi connectivity index (χ1) is 9.72. The summed E-state index contributed by atoms with van der Waals surface area (Å²) < 4.78 is 0. The van der Waals surface area contributed by atoms with E-state index in [-0.39, 0.29) is 0 Å². The highest BCUT2D eigenvalue weighted by Gasteiger charge is 2.17. The number of rotatable bonds is 3. The van der Waals surface area contributed by atoms with Crippen LogP contribution < -0.4 is 0 Å². The summed E-state index contributed by atoms with van der Waals surface area (Å²) in [5.74, 6) is 0.729. The van der Waals surface area contributed by atoms with Gasteiger partial charge < -0.3 is 4.90 Å². The molecule has 0 N–H and O–H groups in total. The molecule has 1 heterocycles. The van der Waals surface area contributed by atoms with E-state index < -0.39 is 0 Å². The van der Waals surface area contributed by atoms with Crippen molar-refractivity contribution in [3.05, 3.63) is 36.0 Å². The highest BCUT2D eigenvalue weighted by atomic mass is 15.1. The molecule has 0 saturated carbocycles. The predicted molar refractivity (Wildman–Crippen MR) is 91.0 cm³/mol. The molecule has 0 aromatic carbocycles. The van der Waals surface area contributed by atoms with Crippen molar-refractivity contribution in [3.8, 4) is 0 Å². The summed E-state index contributed by atoms with van der Waals surface area (Å²) in [6.45, 7) is 10.9. The van der Waals surface area contributed by atoms with Gasteiger partial charge in [-0.2, -0.15) is 0 Å². The molecule has 20 heavy (non-hydrogen) atoms. The second-order valence-corrected chi connectivity index (χ2v) is 6.06. The first kappa shape index (κ1) is 17.2. The fourth-order valence-corrected chi connectivity index (χ4v) is 3.32. The van der Waals surface area contributed by atoms with E-state index in [2.05, 4.69) is 44.5 Å². The molecular weight excluding hydrogens is 242 g/mol. The fourth-order valence-electron chi connectivity index (χ4n) is 3.32. The molecule has 1 unspecified atom stereocenters. The maximum absolute atomic E-state index is 3.93. The minimum Gasteiger partial charge on any atom is -0.306 e. The molecule has 1 aliphatic rings. The second kappa shape index (κ2) is 9.99. The quantitative estimate of drug-likeness (QED) is 0.670. The van der Waals surface area contributed by atoms with Gasteiger partial charge in [-0.3, -0.25) is 0 Å². The Morgan fingerprint density at radius 1 is 1.25 bits per heavy atom. The van der Waals surface area contributed by atoms with E-state index in [1.54, 1.807) is 11.1 Å². The second-order valence-electron chi connectivity index (χ2n) is 6.06. The van der Waals surface area contributed by atoms with Crippen molar-refractivity contribution in [1.29, 1.82) is 0 Å². The Morgan fingerprint density at radius 3 is 2.65 bits per heavy atom. The van der Waals surface area contributed by atoms with E-state index >= 15 is 0 Å². The third kappa shape index (κ3) is 5.66. The van der Waals surface area contributed by atoms with E-state index in [0.717, 1.165) is 5.92 Å². The van der Waals surface area contributed by atoms with Crippen molar-refractivity contribution in [3.63, 3.8) is 0 Å². The van der Waals surface area contributed by atoms with E-state index in [9.17, 15) is 0 Å². The first-order valence-corrected chi connectivity index (χ1v) is 8.39. The molecule has 0 amide bonds. The lowest BCUT2D eigenvalue weighted by Gasteiger charge is -2.22. The molecule has 114 valence electrons. The molecule has 0 aromatic heterocycles. The summed E-state index contributed by atoms with van der Waals surface area (Å²) in [5.41, 5.74) is 3.12. The largest absolute Gasteiger partial charge is 0.306 e. The number of hydrogen-bond acceptors (Lipinski definition) is 1. The predicted octanol–water partition coefficient (Wildman–Crippen LogP) is 5.36. The molecule has 0 radical (unpaired) electrons. The van der Waals surface area contributed by atoms with Crippen molar-refractivity contribution in [2.24, 2.45) is 5.92 Å². The van der Waals surface area contributed by atoms with Gasteiger partial charge in [0.1, 0.15) is 0 Å². The van der Waals surface area contributed by atoms with Gasteiger partial charge in [-0.25, -0.2) is 0 Å². The highest BCUT2D eigenvalue weighted by Crippen LogP contribution is 2.31. The molecule has 1 heteroatoms. The van der Waals surface area contributed by atoms with Gasteiger partial charge in [0.05, 0.1) is 0 Å². The molecular formula is C19H33N. The average Bonchev–Trinajstić information content (AvgIpc) is 2.47. The van der Waals surface area contributed by atoms with E-state index in [1.165, 1.54) is 58.0 Å². The zero-order valence-corrected chi connectivity index (χ0v) is 13.8. The molecule has 1 fully saturated rings. The summed E-state index contributed by atoms with van der Waals surface area (Å²) in [5, 5.41) is 0. The molecule has 1 saturated heterocycles. The van der Waals surface area contributed by atoms with Gasteiger partial charge >= 0.3 is 0 Å². The number of allylic oxidation sites excluding steroid dienone is 5. The van der Waals surface area contributed by atoms with Gasteiger partial charge in [-0.15, -0.1) is 0 Å². The normalized spacial score (nSPS) is 27.4. The Morgan fingerprint density at radius 2 is 2.00 bits per heavy atom. The van der Waals surface area contributed by atoms with E-state index in [1.807, 2.05) is 6.08 Å². The van der Waals surface area contributed by atoms with Gasteiger partial charge in [-0.05, 0) is 76.2 Å². The Kier molecular flexibility index (Phi) is 8.60. The standard InChI is InChI=1S/C19H33N/c1-5-11-18-13-8-9-15-20(4)16-10-14-17(7-3)19(18)12-6-2/h6-7,12,18H,2,5,8-11,13-16H2,1,3-4H3/b17-7-,19-12+. The zero-order valence-electron chi connectivity index (χ0n) is 13.8. The summed E-state index contributed by atoms with van der Waals surface area (Å²) in [4.78, 5) is 2.49. The van der Waals surface area contributed by atoms with Crippen molar-refractivity contribution in [2.45, 2.75) is 58.8 Å². The molecule has 0 aromatic rings. The van der Waals surface area contributed by atoms with Crippen LogP contribution in [0.5, 0.6) is 0 Å². The summed E-state index contributed by atoms with van der Waals surface area (Å²) >= 11 is 0. The van der Waals surface area contributed by atoms with Crippen LogP contribution in [0, 0.1) is 5.92 Å².